The highest BCUT2D eigenvalue weighted by molar-refractivity contribution is 6.48. The van der Waals surface area contributed by atoms with Crippen molar-refractivity contribution < 1.29 is 28.7 Å². The summed E-state index contributed by atoms with van der Waals surface area (Å²) < 4.78 is 9.22. The second kappa shape index (κ2) is 13.3. The Morgan fingerprint density at radius 2 is 1.76 bits per heavy atom. The summed E-state index contributed by atoms with van der Waals surface area (Å²) in [5.74, 6) is -1.57. The van der Waals surface area contributed by atoms with E-state index < -0.39 is 51.9 Å². The minimum absolute atomic E-state index is 0.193. The fourth-order valence-corrected chi connectivity index (χ4v) is 3.64. The molecule has 12 heteroatoms. The fraction of sp³-hybridized carbons (Fsp3) is 0.600. The van der Waals surface area contributed by atoms with Crippen molar-refractivity contribution in [1.29, 1.82) is 0 Å². The highest BCUT2D eigenvalue weighted by Gasteiger charge is 2.33. The number of rotatable bonds is 9. The minimum atomic E-state index is -1.22. The third-order valence-electron chi connectivity index (χ3n) is 5.22. The van der Waals surface area contributed by atoms with Crippen LogP contribution in [0.1, 0.15) is 53.0 Å². The van der Waals surface area contributed by atoms with E-state index in [0.717, 1.165) is 5.56 Å². The number of benzene rings is 1. The van der Waals surface area contributed by atoms with Gasteiger partial charge in [-0.2, -0.15) is 0 Å². The summed E-state index contributed by atoms with van der Waals surface area (Å²) in [5, 5.41) is 6.55. The van der Waals surface area contributed by atoms with Crippen molar-refractivity contribution in [3.63, 3.8) is 0 Å². The number of carbonyl (C=O) groups is 4. The molecule has 37 heavy (non-hydrogen) atoms. The molecular weight excluding hydrogens is 523 g/mol. The van der Waals surface area contributed by atoms with E-state index in [-0.39, 0.29) is 13.0 Å². The Balaban J connectivity index is 2.02. The molecule has 1 aromatic carbocycles. The van der Waals surface area contributed by atoms with Gasteiger partial charge in [0.25, 0.3) is 5.91 Å². The SMILES string of the molecule is C[C@H](NC(=O)[C@H](Cc1ccccc1)NC(=O)OC(C)(C)C)C(=O)N1CCC[C@@H](C(=O)OCC(C)(Cl)Cl)N1. The molecular formula is C25H36Cl2N4O6. The normalized spacial score (nSPS) is 17.8. The summed E-state index contributed by atoms with van der Waals surface area (Å²) in [6.45, 7) is 8.34. The smallest absolute Gasteiger partial charge is 0.408 e. The standard InChI is InChI=1S/C25H36Cl2N4O6/c1-16(21(33)31-13-9-12-18(30-31)22(34)36-15-25(5,26)27)28-20(32)19(14-17-10-7-6-8-11-17)29-23(35)37-24(2,3)4/h6-8,10-11,16,18-19,30H,9,12-15H2,1-5H3,(H,28,32)(H,29,35)/t16-,18-,19-/m0/s1. The maximum atomic E-state index is 13.1. The van der Waals surface area contributed by atoms with Crippen LogP contribution in [0.4, 0.5) is 4.79 Å². The number of amides is 3. The van der Waals surface area contributed by atoms with E-state index in [1.807, 2.05) is 30.3 Å². The highest BCUT2D eigenvalue weighted by atomic mass is 35.5. The lowest BCUT2D eigenvalue weighted by atomic mass is 10.0. The van der Waals surface area contributed by atoms with E-state index in [4.69, 9.17) is 32.7 Å². The van der Waals surface area contributed by atoms with Gasteiger partial charge < -0.3 is 20.1 Å². The Morgan fingerprint density at radius 3 is 2.35 bits per heavy atom. The molecule has 1 fully saturated rings. The number of hydrogen-bond acceptors (Lipinski definition) is 7. The Hall–Kier alpha value is -2.56. The molecule has 1 aliphatic heterocycles. The molecule has 0 unspecified atom stereocenters. The van der Waals surface area contributed by atoms with Crippen LogP contribution in [0.15, 0.2) is 30.3 Å². The van der Waals surface area contributed by atoms with Crippen LogP contribution in [0.2, 0.25) is 0 Å². The first-order valence-corrected chi connectivity index (χ1v) is 12.9. The van der Waals surface area contributed by atoms with E-state index in [1.54, 1.807) is 20.8 Å². The van der Waals surface area contributed by atoms with Crippen molar-refractivity contribution in [2.75, 3.05) is 13.2 Å². The highest BCUT2D eigenvalue weighted by Crippen LogP contribution is 2.20. The second-order valence-electron chi connectivity index (χ2n) is 10.1. The molecule has 3 amide bonds. The quantitative estimate of drug-likeness (QED) is 0.314. The molecule has 1 heterocycles. The van der Waals surface area contributed by atoms with Gasteiger partial charge in [0.1, 0.15) is 34.7 Å². The largest absolute Gasteiger partial charge is 0.461 e. The average Bonchev–Trinajstić information content (AvgIpc) is 2.80. The zero-order valence-corrected chi connectivity index (χ0v) is 23.3. The van der Waals surface area contributed by atoms with Crippen molar-refractivity contribution in [3.8, 4) is 0 Å². The molecule has 1 aliphatic rings. The predicted octanol–water partition coefficient (Wildman–Crippen LogP) is 2.86. The van der Waals surface area contributed by atoms with Crippen LogP contribution < -0.4 is 16.1 Å². The summed E-state index contributed by atoms with van der Waals surface area (Å²) in [4.78, 5) is 50.9. The average molecular weight is 559 g/mol. The number of hydrogen-bond donors (Lipinski definition) is 3. The predicted molar refractivity (Wildman–Crippen MR) is 140 cm³/mol. The molecule has 0 saturated carbocycles. The number of carbonyl (C=O) groups excluding carboxylic acids is 4. The summed E-state index contributed by atoms with van der Waals surface area (Å²) in [6, 6.07) is 6.49. The summed E-state index contributed by atoms with van der Waals surface area (Å²) in [6.07, 6.45) is 0.466. The van der Waals surface area contributed by atoms with E-state index in [1.165, 1.54) is 18.9 Å². The van der Waals surface area contributed by atoms with Gasteiger partial charge in [-0.05, 0) is 53.0 Å². The fourth-order valence-electron chi connectivity index (χ4n) is 3.53. The Kier molecular flexibility index (Phi) is 11.0. The van der Waals surface area contributed by atoms with Gasteiger partial charge in [-0.3, -0.25) is 19.4 Å². The van der Waals surface area contributed by atoms with Crippen molar-refractivity contribution in [1.82, 2.24) is 21.1 Å². The van der Waals surface area contributed by atoms with Gasteiger partial charge in [0.05, 0.1) is 0 Å². The van der Waals surface area contributed by atoms with Crippen LogP contribution in [0.3, 0.4) is 0 Å². The van der Waals surface area contributed by atoms with Crippen LogP contribution in [0, 0.1) is 0 Å². The lowest BCUT2D eigenvalue weighted by Crippen LogP contribution is -2.60. The van der Waals surface area contributed by atoms with Gasteiger partial charge in [-0.25, -0.2) is 10.2 Å². The topological polar surface area (TPSA) is 126 Å². The first-order valence-electron chi connectivity index (χ1n) is 12.1. The van der Waals surface area contributed by atoms with Gasteiger partial charge in [0, 0.05) is 13.0 Å². The molecule has 2 rings (SSSR count). The van der Waals surface area contributed by atoms with Crippen LogP contribution in [0.5, 0.6) is 0 Å². The van der Waals surface area contributed by atoms with E-state index >= 15 is 0 Å². The molecule has 0 aromatic heterocycles. The first-order chi connectivity index (χ1) is 17.1. The molecule has 10 nitrogen and oxygen atoms in total. The van der Waals surface area contributed by atoms with E-state index in [0.29, 0.717) is 19.4 Å². The van der Waals surface area contributed by atoms with Gasteiger partial charge >= 0.3 is 12.1 Å². The summed E-state index contributed by atoms with van der Waals surface area (Å²) in [5.41, 5.74) is 2.93. The maximum absolute atomic E-state index is 13.1. The van der Waals surface area contributed by atoms with Crippen LogP contribution in [-0.2, 0) is 30.3 Å². The van der Waals surface area contributed by atoms with Crippen molar-refractivity contribution in [3.05, 3.63) is 35.9 Å². The molecule has 3 atom stereocenters. The number of hydrazine groups is 1. The number of halogens is 2. The lowest BCUT2D eigenvalue weighted by Gasteiger charge is -2.34. The number of alkyl halides is 2. The van der Waals surface area contributed by atoms with Crippen LogP contribution in [0.25, 0.3) is 0 Å². The third kappa shape index (κ3) is 11.2. The Labute approximate surface area is 227 Å². The summed E-state index contributed by atoms with van der Waals surface area (Å²) >= 11 is 11.7. The number of esters is 1. The number of ether oxygens (including phenoxy) is 2. The minimum Gasteiger partial charge on any atom is -0.461 e. The number of nitrogens with zero attached hydrogens (tertiary/aromatic N) is 1. The molecule has 1 saturated heterocycles. The third-order valence-corrected chi connectivity index (χ3v) is 5.44. The van der Waals surface area contributed by atoms with Gasteiger partial charge in [-0.1, -0.05) is 53.5 Å². The first kappa shape index (κ1) is 30.7. The van der Waals surface area contributed by atoms with Crippen molar-refractivity contribution >= 4 is 47.1 Å². The lowest BCUT2D eigenvalue weighted by molar-refractivity contribution is -0.153. The number of alkyl carbamates (subject to hydrolysis) is 1. The molecule has 0 spiro atoms. The van der Waals surface area contributed by atoms with Gasteiger partial charge in [0.15, 0.2) is 0 Å². The zero-order valence-electron chi connectivity index (χ0n) is 21.8. The van der Waals surface area contributed by atoms with Crippen molar-refractivity contribution in [2.24, 2.45) is 0 Å². The molecule has 1 aromatic rings. The van der Waals surface area contributed by atoms with Gasteiger partial charge in [0.2, 0.25) is 5.91 Å². The monoisotopic (exact) mass is 558 g/mol. The van der Waals surface area contributed by atoms with E-state index in [9.17, 15) is 19.2 Å². The van der Waals surface area contributed by atoms with Gasteiger partial charge in [-0.15, -0.1) is 0 Å². The Bertz CT molecular complexity index is 949. The molecule has 3 N–H and O–H groups in total. The second-order valence-corrected chi connectivity index (χ2v) is 12.0. The van der Waals surface area contributed by atoms with E-state index in [2.05, 4.69) is 16.1 Å². The molecule has 206 valence electrons. The molecule has 0 bridgehead atoms. The van der Waals surface area contributed by atoms with Crippen LogP contribution >= 0.6 is 23.2 Å². The Morgan fingerprint density at radius 1 is 1.11 bits per heavy atom. The molecule has 0 aliphatic carbocycles. The summed E-state index contributed by atoms with van der Waals surface area (Å²) in [7, 11) is 0. The zero-order chi connectivity index (χ0) is 27.8. The number of nitrogens with one attached hydrogen (secondary N) is 3. The van der Waals surface area contributed by atoms with Crippen LogP contribution in [-0.4, -0.2) is 70.1 Å². The maximum Gasteiger partial charge on any atom is 0.408 e. The molecule has 0 radical (unpaired) electrons. The van der Waals surface area contributed by atoms with Crippen molar-refractivity contribution in [2.45, 2.75) is 81.9 Å².